The fourth-order valence-corrected chi connectivity index (χ4v) is 1.90. The van der Waals surface area contributed by atoms with Crippen LogP contribution < -0.4 is 16.2 Å². The predicted octanol–water partition coefficient (Wildman–Crippen LogP) is 3.04. The highest BCUT2D eigenvalue weighted by Crippen LogP contribution is 2.11. The van der Waals surface area contributed by atoms with Crippen LogP contribution in [-0.4, -0.2) is 20.2 Å². The number of halogens is 1. The molecule has 0 aromatic heterocycles. The molecule has 0 aliphatic carbocycles. The SMILES string of the molecule is COc1ccc(CCN)cc1.NCCc1ccc(Cl)cc1. The highest BCUT2D eigenvalue weighted by atomic mass is 35.5. The summed E-state index contributed by atoms with van der Waals surface area (Å²) in [5, 5.41) is 0.778. The van der Waals surface area contributed by atoms with E-state index in [9.17, 15) is 0 Å². The summed E-state index contributed by atoms with van der Waals surface area (Å²) in [5.41, 5.74) is 13.3. The number of rotatable bonds is 5. The van der Waals surface area contributed by atoms with Gasteiger partial charge in [0.25, 0.3) is 0 Å². The van der Waals surface area contributed by atoms with Crippen molar-refractivity contribution in [3.05, 3.63) is 64.7 Å². The van der Waals surface area contributed by atoms with Crippen molar-refractivity contribution in [3.8, 4) is 5.75 Å². The van der Waals surface area contributed by atoms with Crippen LogP contribution in [0, 0.1) is 0 Å². The van der Waals surface area contributed by atoms with Gasteiger partial charge in [-0.3, -0.25) is 0 Å². The lowest BCUT2D eigenvalue weighted by Crippen LogP contribution is -2.02. The summed E-state index contributed by atoms with van der Waals surface area (Å²) in [4.78, 5) is 0. The summed E-state index contributed by atoms with van der Waals surface area (Å²) in [5.74, 6) is 0.894. The van der Waals surface area contributed by atoms with Crippen molar-refractivity contribution < 1.29 is 4.74 Å². The third-order valence-electron chi connectivity index (χ3n) is 2.94. The summed E-state index contributed by atoms with van der Waals surface area (Å²) in [6, 6.07) is 15.7. The Morgan fingerprint density at radius 3 is 1.62 bits per heavy atom. The lowest BCUT2D eigenvalue weighted by molar-refractivity contribution is 0.414. The summed E-state index contributed by atoms with van der Waals surface area (Å²) < 4.78 is 5.02. The first-order valence-corrected chi connectivity index (χ1v) is 7.35. The maximum atomic E-state index is 5.68. The molecule has 0 bridgehead atoms. The van der Waals surface area contributed by atoms with Crippen LogP contribution in [-0.2, 0) is 12.8 Å². The van der Waals surface area contributed by atoms with Gasteiger partial charge in [-0.2, -0.15) is 0 Å². The van der Waals surface area contributed by atoms with Crippen LogP contribution >= 0.6 is 11.6 Å². The van der Waals surface area contributed by atoms with E-state index in [-0.39, 0.29) is 0 Å². The molecule has 0 saturated heterocycles. The summed E-state index contributed by atoms with van der Waals surface area (Å²) >= 11 is 5.68. The van der Waals surface area contributed by atoms with Gasteiger partial charge in [-0.25, -0.2) is 0 Å². The molecule has 3 nitrogen and oxygen atoms in total. The van der Waals surface area contributed by atoms with Gasteiger partial charge in [0.05, 0.1) is 7.11 Å². The van der Waals surface area contributed by atoms with Gasteiger partial charge in [0, 0.05) is 5.02 Å². The summed E-state index contributed by atoms with van der Waals surface area (Å²) in [7, 11) is 1.66. The largest absolute Gasteiger partial charge is 0.497 e. The van der Waals surface area contributed by atoms with Crippen LogP contribution in [0.1, 0.15) is 11.1 Å². The third kappa shape index (κ3) is 7.14. The molecule has 0 spiro atoms. The molecule has 0 aliphatic heterocycles. The molecular formula is C17H23ClN2O. The Morgan fingerprint density at radius 2 is 1.24 bits per heavy atom. The average Bonchev–Trinajstić information content (AvgIpc) is 2.52. The zero-order chi connectivity index (χ0) is 15.5. The zero-order valence-corrected chi connectivity index (χ0v) is 13.1. The Hall–Kier alpha value is -1.55. The number of nitrogens with two attached hydrogens (primary N) is 2. The van der Waals surface area contributed by atoms with Crippen LogP contribution in [0.3, 0.4) is 0 Å². The molecule has 0 unspecified atom stereocenters. The molecular weight excluding hydrogens is 284 g/mol. The molecule has 4 N–H and O–H groups in total. The Balaban J connectivity index is 0.000000211. The van der Waals surface area contributed by atoms with Crippen molar-refractivity contribution in [2.75, 3.05) is 20.2 Å². The molecule has 114 valence electrons. The van der Waals surface area contributed by atoms with Gasteiger partial charge in [0.2, 0.25) is 0 Å². The number of ether oxygens (including phenoxy) is 1. The minimum absolute atomic E-state index is 0.696. The third-order valence-corrected chi connectivity index (χ3v) is 3.19. The number of benzene rings is 2. The normalized spacial score (nSPS) is 9.71. The van der Waals surface area contributed by atoms with Crippen molar-refractivity contribution in [2.24, 2.45) is 11.5 Å². The predicted molar refractivity (Wildman–Crippen MR) is 90.0 cm³/mol. The van der Waals surface area contributed by atoms with Crippen molar-refractivity contribution >= 4 is 11.6 Å². The lowest BCUT2D eigenvalue weighted by Gasteiger charge is -2.00. The van der Waals surface area contributed by atoms with Gasteiger partial charge in [-0.1, -0.05) is 35.9 Å². The van der Waals surface area contributed by atoms with Gasteiger partial charge >= 0.3 is 0 Å². The van der Waals surface area contributed by atoms with E-state index < -0.39 is 0 Å². The second kappa shape index (κ2) is 10.2. The standard InChI is InChI=1S/C9H13NO.C8H10ClN/c1-11-9-4-2-8(3-5-9)6-7-10;9-8-3-1-7(2-4-8)5-6-10/h2-5H,6-7,10H2,1H3;1-4H,5-6,10H2. The monoisotopic (exact) mass is 306 g/mol. The maximum absolute atomic E-state index is 5.68. The fourth-order valence-electron chi connectivity index (χ4n) is 1.78. The molecule has 0 atom stereocenters. The van der Waals surface area contributed by atoms with E-state index in [1.807, 2.05) is 48.5 Å². The van der Waals surface area contributed by atoms with E-state index in [1.54, 1.807) is 7.11 Å². The van der Waals surface area contributed by atoms with E-state index in [2.05, 4.69) is 0 Å². The first-order chi connectivity index (χ1) is 10.2. The van der Waals surface area contributed by atoms with Crippen molar-refractivity contribution in [1.29, 1.82) is 0 Å². The quantitative estimate of drug-likeness (QED) is 0.892. The molecule has 2 rings (SSSR count). The Morgan fingerprint density at radius 1 is 0.810 bits per heavy atom. The van der Waals surface area contributed by atoms with Crippen LogP contribution in [0.15, 0.2) is 48.5 Å². The molecule has 0 amide bonds. The number of hydrogen-bond donors (Lipinski definition) is 2. The van der Waals surface area contributed by atoms with E-state index >= 15 is 0 Å². The van der Waals surface area contributed by atoms with Crippen LogP contribution in [0.2, 0.25) is 5.02 Å². The van der Waals surface area contributed by atoms with Crippen molar-refractivity contribution in [2.45, 2.75) is 12.8 Å². The molecule has 21 heavy (non-hydrogen) atoms. The van der Waals surface area contributed by atoms with Crippen LogP contribution in [0.25, 0.3) is 0 Å². The maximum Gasteiger partial charge on any atom is 0.118 e. The smallest absolute Gasteiger partial charge is 0.118 e. The van der Waals surface area contributed by atoms with Gasteiger partial charge in [0.1, 0.15) is 5.75 Å². The van der Waals surface area contributed by atoms with E-state index in [1.165, 1.54) is 11.1 Å². The second-order valence-corrected chi connectivity index (χ2v) is 4.99. The first kappa shape index (κ1) is 17.5. The van der Waals surface area contributed by atoms with E-state index in [4.69, 9.17) is 27.8 Å². The molecule has 0 saturated carbocycles. The number of methoxy groups -OCH3 is 1. The van der Waals surface area contributed by atoms with Crippen molar-refractivity contribution in [3.63, 3.8) is 0 Å². The molecule has 0 heterocycles. The van der Waals surface area contributed by atoms with Crippen molar-refractivity contribution in [1.82, 2.24) is 0 Å². The molecule has 2 aromatic rings. The Bertz CT molecular complexity index is 497. The van der Waals surface area contributed by atoms with Gasteiger partial charge in [-0.05, 0) is 61.3 Å². The van der Waals surface area contributed by atoms with E-state index in [0.29, 0.717) is 13.1 Å². The average molecular weight is 307 g/mol. The molecule has 0 aliphatic rings. The lowest BCUT2D eigenvalue weighted by atomic mass is 10.1. The summed E-state index contributed by atoms with van der Waals surface area (Å²) in [6.45, 7) is 1.40. The van der Waals surface area contributed by atoms with Gasteiger partial charge in [0.15, 0.2) is 0 Å². The van der Waals surface area contributed by atoms with Crippen LogP contribution in [0.5, 0.6) is 5.75 Å². The Labute approximate surface area is 131 Å². The van der Waals surface area contributed by atoms with Gasteiger partial charge < -0.3 is 16.2 Å². The highest BCUT2D eigenvalue weighted by molar-refractivity contribution is 6.30. The molecule has 0 radical (unpaired) electrons. The Kier molecular flexibility index (Phi) is 8.51. The number of hydrogen-bond acceptors (Lipinski definition) is 3. The second-order valence-electron chi connectivity index (χ2n) is 4.55. The minimum Gasteiger partial charge on any atom is -0.497 e. The molecule has 0 fully saturated rings. The first-order valence-electron chi connectivity index (χ1n) is 6.97. The summed E-state index contributed by atoms with van der Waals surface area (Å²) in [6.07, 6.45) is 1.86. The highest BCUT2D eigenvalue weighted by Gasteiger charge is 1.91. The zero-order valence-electron chi connectivity index (χ0n) is 12.4. The van der Waals surface area contributed by atoms with Gasteiger partial charge in [-0.15, -0.1) is 0 Å². The molecule has 2 aromatic carbocycles. The minimum atomic E-state index is 0.696. The fraction of sp³-hybridized carbons (Fsp3) is 0.294. The van der Waals surface area contributed by atoms with E-state index in [0.717, 1.165) is 23.6 Å². The molecule has 4 heteroatoms. The van der Waals surface area contributed by atoms with Crippen LogP contribution in [0.4, 0.5) is 0 Å². The topological polar surface area (TPSA) is 61.3 Å².